The van der Waals surface area contributed by atoms with E-state index in [2.05, 4.69) is 21.7 Å². The Morgan fingerprint density at radius 3 is 2.83 bits per heavy atom. The molecule has 24 heavy (non-hydrogen) atoms. The second-order valence-electron chi connectivity index (χ2n) is 5.77. The van der Waals surface area contributed by atoms with Gasteiger partial charge in [0, 0.05) is 5.38 Å². The van der Waals surface area contributed by atoms with Gasteiger partial charge in [-0.2, -0.15) is 5.26 Å². The standard InChI is InChI=1S/C16H18N4O3S/c1-10(2)16(3,9-17)20-13(21)7-11-8-24-15(18-11)19-14(22)12-5-4-6-23-12/h4-6,8,10H,7H2,1-3H3,(H,20,21)(H,18,19,22). The fourth-order valence-corrected chi connectivity index (χ4v) is 2.52. The van der Waals surface area contributed by atoms with E-state index in [-0.39, 0.29) is 24.0 Å². The molecule has 0 aliphatic heterocycles. The number of hydrogen-bond acceptors (Lipinski definition) is 6. The lowest BCUT2D eigenvalue weighted by atomic mass is 9.90. The van der Waals surface area contributed by atoms with Gasteiger partial charge in [-0.15, -0.1) is 11.3 Å². The van der Waals surface area contributed by atoms with Gasteiger partial charge in [-0.25, -0.2) is 4.98 Å². The number of carbonyl (C=O) groups is 2. The van der Waals surface area contributed by atoms with Crippen molar-refractivity contribution in [2.24, 2.45) is 5.92 Å². The first kappa shape index (κ1) is 17.7. The fraction of sp³-hybridized carbons (Fsp3) is 0.375. The van der Waals surface area contributed by atoms with E-state index in [0.29, 0.717) is 10.8 Å². The molecule has 126 valence electrons. The Labute approximate surface area is 143 Å². The number of nitrogens with zero attached hydrogens (tertiary/aromatic N) is 2. The summed E-state index contributed by atoms with van der Waals surface area (Å²) in [6.45, 7) is 5.43. The lowest BCUT2D eigenvalue weighted by molar-refractivity contribution is -0.122. The van der Waals surface area contributed by atoms with Crippen LogP contribution in [0.3, 0.4) is 0 Å². The Balaban J connectivity index is 1.95. The molecule has 2 rings (SSSR count). The number of hydrogen-bond donors (Lipinski definition) is 2. The van der Waals surface area contributed by atoms with Gasteiger partial charge in [0.2, 0.25) is 5.91 Å². The maximum Gasteiger partial charge on any atom is 0.293 e. The normalized spacial score (nSPS) is 13.1. The number of anilines is 1. The maximum atomic E-state index is 12.1. The van der Waals surface area contributed by atoms with Crippen LogP contribution >= 0.6 is 11.3 Å². The number of rotatable bonds is 6. The Hall–Kier alpha value is -2.66. The highest BCUT2D eigenvalue weighted by atomic mass is 32.1. The highest BCUT2D eigenvalue weighted by Crippen LogP contribution is 2.18. The monoisotopic (exact) mass is 346 g/mol. The molecule has 8 heteroatoms. The average molecular weight is 346 g/mol. The van der Waals surface area contributed by atoms with E-state index in [1.54, 1.807) is 24.4 Å². The Kier molecular flexibility index (Phi) is 5.36. The molecule has 2 aromatic heterocycles. The zero-order valence-corrected chi connectivity index (χ0v) is 14.4. The minimum atomic E-state index is -0.927. The van der Waals surface area contributed by atoms with E-state index >= 15 is 0 Å². The van der Waals surface area contributed by atoms with Crippen molar-refractivity contribution in [3.8, 4) is 6.07 Å². The van der Waals surface area contributed by atoms with Crippen LogP contribution in [0.1, 0.15) is 37.0 Å². The van der Waals surface area contributed by atoms with E-state index in [9.17, 15) is 14.9 Å². The number of carbonyl (C=O) groups excluding carboxylic acids is 2. The van der Waals surface area contributed by atoms with Crippen molar-refractivity contribution in [3.63, 3.8) is 0 Å². The maximum absolute atomic E-state index is 12.1. The van der Waals surface area contributed by atoms with Gasteiger partial charge in [0.1, 0.15) is 5.54 Å². The summed E-state index contributed by atoms with van der Waals surface area (Å²) in [6.07, 6.45) is 1.45. The van der Waals surface area contributed by atoms with Gasteiger partial charge in [-0.3, -0.25) is 14.9 Å². The van der Waals surface area contributed by atoms with E-state index < -0.39 is 11.4 Å². The molecule has 0 saturated carbocycles. The molecular formula is C16H18N4O3S. The van der Waals surface area contributed by atoms with Crippen molar-refractivity contribution in [3.05, 3.63) is 35.2 Å². The molecule has 0 spiro atoms. The number of nitriles is 1. The number of furan rings is 1. The third kappa shape index (κ3) is 4.20. The third-order valence-corrected chi connectivity index (χ3v) is 4.45. The van der Waals surface area contributed by atoms with Crippen LogP contribution in [-0.2, 0) is 11.2 Å². The number of nitrogens with one attached hydrogen (secondary N) is 2. The molecule has 0 radical (unpaired) electrons. The summed E-state index contributed by atoms with van der Waals surface area (Å²) in [5, 5.41) is 16.6. The second-order valence-corrected chi connectivity index (χ2v) is 6.63. The molecule has 2 heterocycles. The zero-order chi connectivity index (χ0) is 17.7. The molecule has 0 saturated heterocycles. The van der Waals surface area contributed by atoms with Crippen LogP contribution in [0.15, 0.2) is 28.2 Å². The lowest BCUT2D eigenvalue weighted by Gasteiger charge is -2.27. The molecule has 0 bridgehead atoms. The quantitative estimate of drug-likeness (QED) is 0.836. The van der Waals surface area contributed by atoms with E-state index in [4.69, 9.17) is 4.42 Å². The molecule has 1 atom stereocenters. The van der Waals surface area contributed by atoms with Gasteiger partial charge < -0.3 is 9.73 Å². The van der Waals surface area contributed by atoms with Crippen molar-refractivity contribution in [2.45, 2.75) is 32.7 Å². The van der Waals surface area contributed by atoms with Crippen molar-refractivity contribution in [1.82, 2.24) is 10.3 Å². The molecule has 0 fully saturated rings. The summed E-state index contributed by atoms with van der Waals surface area (Å²) < 4.78 is 5.00. The summed E-state index contributed by atoms with van der Waals surface area (Å²) in [5.74, 6) is -0.527. The molecule has 2 amide bonds. The van der Waals surface area contributed by atoms with Crippen molar-refractivity contribution in [1.29, 1.82) is 5.26 Å². The molecule has 0 aromatic carbocycles. The minimum Gasteiger partial charge on any atom is -0.459 e. The molecule has 7 nitrogen and oxygen atoms in total. The average Bonchev–Trinajstić information content (AvgIpc) is 3.18. The molecule has 0 aliphatic carbocycles. The first-order valence-corrected chi connectivity index (χ1v) is 8.23. The van der Waals surface area contributed by atoms with Crippen LogP contribution in [0.4, 0.5) is 5.13 Å². The van der Waals surface area contributed by atoms with E-state index in [1.807, 2.05) is 13.8 Å². The molecular weight excluding hydrogens is 328 g/mol. The summed E-state index contributed by atoms with van der Waals surface area (Å²) in [7, 11) is 0. The van der Waals surface area contributed by atoms with Crippen LogP contribution < -0.4 is 10.6 Å². The summed E-state index contributed by atoms with van der Waals surface area (Å²) >= 11 is 1.22. The highest BCUT2D eigenvalue weighted by Gasteiger charge is 2.30. The fourth-order valence-electron chi connectivity index (χ4n) is 1.81. The first-order valence-electron chi connectivity index (χ1n) is 7.35. The summed E-state index contributed by atoms with van der Waals surface area (Å²) in [5.41, 5.74) is -0.403. The lowest BCUT2D eigenvalue weighted by Crippen LogP contribution is -2.49. The number of thiazole rings is 1. The van der Waals surface area contributed by atoms with Gasteiger partial charge in [-0.1, -0.05) is 13.8 Å². The van der Waals surface area contributed by atoms with Gasteiger partial charge in [-0.05, 0) is 25.0 Å². The molecule has 1 unspecified atom stereocenters. The van der Waals surface area contributed by atoms with Gasteiger partial charge in [0.15, 0.2) is 10.9 Å². The summed E-state index contributed by atoms with van der Waals surface area (Å²) in [4.78, 5) is 28.2. The van der Waals surface area contributed by atoms with Crippen LogP contribution in [0.25, 0.3) is 0 Å². The van der Waals surface area contributed by atoms with Crippen LogP contribution in [0.5, 0.6) is 0 Å². The Morgan fingerprint density at radius 1 is 1.50 bits per heavy atom. The summed E-state index contributed by atoms with van der Waals surface area (Å²) in [6, 6.07) is 5.29. The van der Waals surface area contributed by atoms with E-state index in [1.165, 1.54) is 17.6 Å². The predicted octanol–water partition coefficient (Wildman–Crippen LogP) is 2.59. The highest BCUT2D eigenvalue weighted by molar-refractivity contribution is 7.14. The van der Waals surface area contributed by atoms with Gasteiger partial charge in [0.25, 0.3) is 5.91 Å². The topological polar surface area (TPSA) is 108 Å². The minimum absolute atomic E-state index is 0.0231. The SMILES string of the molecule is CC(C)C(C)(C#N)NC(=O)Cc1csc(NC(=O)c2ccco2)n1. The van der Waals surface area contributed by atoms with Crippen molar-refractivity contribution >= 4 is 28.3 Å². The second kappa shape index (κ2) is 7.27. The Bertz CT molecular complexity index is 761. The smallest absolute Gasteiger partial charge is 0.293 e. The number of aromatic nitrogens is 1. The molecule has 0 aliphatic rings. The largest absolute Gasteiger partial charge is 0.459 e. The zero-order valence-electron chi connectivity index (χ0n) is 13.6. The molecule has 2 N–H and O–H groups in total. The molecule has 2 aromatic rings. The van der Waals surface area contributed by atoms with Crippen molar-refractivity contribution < 1.29 is 14.0 Å². The van der Waals surface area contributed by atoms with Crippen LogP contribution in [-0.4, -0.2) is 22.3 Å². The Morgan fingerprint density at radius 2 is 2.25 bits per heavy atom. The van der Waals surface area contributed by atoms with Crippen LogP contribution in [0, 0.1) is 17.2 Å². The third-order valence-electron chi connectivity index (χ3n) is 3.64. The predicted molar refractivity (Wildman–Crippen MR) is 89.5 cm³/mol. The van der Waals surface area contributed by atoms with Crippen LogP contribution in [0.2, 0.25) is 0 Å². The van der Waals surface area contributed by atoms with Crippen molar-refractivity contribution in [2.75, 3.05) is 5.32 Å². The number of amides is 2. The van der Waals surface area contributed by atoms with Gasteiger partial charge >= 0.3 is 0 Å². The van der Waals surface area contributed by atoms with Gasteiger partial charge in [0.05, 0.1) is 24.4 Å². The first-order chi connectivity index (χ1) is 11.3. The van der Waals surface area contributed by atoms with E-state index in [0.717, 1.165) is 0 Å².